The van der Waals surface area contributed by atoms with Gasteiger partial charge in [-0.1, -0.05) is 11.6 Å². The maximum Gasteiger partial charge on any atom is 0.263 e. The lowest BCUT2D eigenvalue weighted by Gasteiger charge is -2.22. The fraction of sp³-hybridized carbons (Fsp3) is 0.235. The van der Waals surface area contributed by atoms with Gasteiger partial charge in [-0.3, -0.25) is 9.78 Å². The molecule has 3 N–H and O–H groups in total. The van der Waals surface area contributed by atoms with Gasteiger partial charge in [-0.05, 0) is 6.42 Å². The van der Waals surface area contributed by atoms with Crippen LogP contribution in [0.3, 0.4) is 0 Å². The minimum atomic E-state index is -0.607. The number of anilines is 3. The van der Waals surface area contributed by atoms with Gasteiger partial charge in [-0.15, -0.1) is 5.10 Å². The predicted octanol–water partition coefficient (Wildman–Crippen LogP) is 2.10. The summed E-state index contributed by atoms with van der Waals surface area (Å²) >= 11 is 6.32. The van der Waals surface area contributed by atoms with Gasteiger partial charge < -0.3 is 16.0 Å². The normalized spacial score (nSPS) is 16.3. The monoisotopic (exact) mass is 400 g/mol. The van der Waals surface area contributed by atoms with Gasteiger partial charge >= 0.3 is 0 Å². The first-order chi connectivity index (χ1) is 13.5. The molecule has 142 valence electrons. The molecule has 4 heterocycles. The third-order valence-electron chi connectivity index (χ3n) is 4.50. The average Bonchev–Trinajstić information content (AvgIpc) is 3.24. The van der Waals surface area contributed by atoms with Crippen molar-refractivity contribution in [1.82, 2.24) is 19.6 Å². The molecule has 0 saturated carbocycles. The minimum Gasteiger partial charge on any atom is -0.381 e. The van der Waals surface area contributed by atoms with Crippen LogP contribution in [0.1, 0.15) is 16.8 Å². The highest BCUT2D eigenvalue weighted by molar-refractivity contribution is 6.34. The van der Waals surface area contributed by atoms with Crippen LogP contribution in [0.2, 0.25) is 5.02 Å². The van der Waals surface area contributed by atoms with E-state index in [0.717, 1.165) is 16.9 Å². The first-order valence-corrected chi connectivity index (χ1v) is 8.74. The molecule has 0 aromatic carbocycles. The van der Waals surface area contributed by atoms with Crippen molar-refractivity contribution < 1.29 is 9.18 Å². The van der Waals surface area contributed by atoms with Crippen LogP contribution in [0.25, 0.3) is 5.65 Å². The molecule has 1 saturated heterocycles. The Bertz CT molecular complexity index is 1120. The highest BCUT2D eigenvalue weighted by Gasteiger charge is 2.27. The number of halogens is 2. The number of nitrogens with two attached hydrogens (primary N) is 1. The van der Waals surface area contributed by atoms with Gasteiger partial charge in [-0.25, -0.2) is 13.9 Å². The summed E-state index contributed by atoms with van der Waals surface area (Å²) in [5.41, 5.74) is 6.93. The van der Waals surface area contributed by atoms with Crippen LogP contribution >= 0.6 is 11.6 Å². The Balaban J connectivity index is 1.69. The van der Waals surface area contributed by atoms with Crippen LogP contribution in [-0.4, -0.2) is 38.6 Å². The van der Waals surface area contributed by atoms with Crippen LogP contribution in [0.15, 0.2) is 24.8 Å². The number of aromatic nitrogens is 4. The fourth-order valence-corrected chi connectivity index (χ4v) is 3.52. The van der Waals surface area contributed by atoms with Crippen molar-refractivity contribution in [2.45, 2.75) is 6.42 Å². The van der Waals surface area contributed by atoms with Crippen molar-refractivity contribution in [1.29, 1.82) is 5.26 Å². The number of rotatable bonds is 3. The molecule has 28 heavy (non-hydrogen) atoms. The third kappa shape index (κ3) is 3.05. The lowest BCUT2D eigenvalue weighted by Crippen LogP contribution is -2.23. The Hall–Kier alpha value is -3.45. The second kappa shape index (κ2) is 6.94. The van der Waals surface area contributed by atoms with Crippen molar-refractivity contribution in [3.8, 4) is 6.07 Å². The van der Waals surface area contributed by atoms with Crippen LogP contribution in [-0.2, 0) is 0 Å². The van der Waals surface area contributed by atoms with Crippen LogP contribution in [0, 0.1) is 23.1 Å². The maximum atomic E-state index is 13.3. The topological polar surface area (TPSA) is 125 Å². The number of nitrogens with zero attached hydrogens (tertiary/aromatic N) is 6. The Morgan fingerprint density at radius 2 is 2.25 bits per heavy atom. The molecule has 1 unspecified atom stereocenters. The molecular weight excluding hydrogens is 387 g/mol. The Morgan fingerprint density at radius 1 is 1.43 bits per heavy atom. The molecule has 0 spiro atoms. The Kier molecular flexibility index (Phi) is 4.44. The van der Waals surface area contributed by atoms with E-state index in [1.807, 2.05) is 4.90 Å². The third-order valence-corrected chi connectivity index (χ3v) is 4.78. The van der Waals surface area contributed by atoms with Crippen molar-refractivity contribution in [2.75, 3.05) is 29.0 Å². The SMILES string of the molecule is N#CC1CCN(c2c(Cl)cncc2NC(=O)c2c(N)nn3cc(F)cnc23)C1. The minimum absolute atomic E-state index is 0.0160. The molecule has 0 radical (unpaired) electrons. The second-order valence-electron chi connectivity index (χ2n) is 6.33. The molecule has 0 bridgehead atoms. The van der Waals surface area contributed by atoms with Crippen LogP contribution < -0.4 is 16.0 Å². The molecular formula is C17H14ClFN8O. The molecule has 0 aliphatic carbocycles. The van der Waals surface area contributed by atoms with Crippen molar-refractivity contribution in [2.24, 2.45) is 5.92 Å². The van der Waals surface area contributed by atoms with Crippen LogP contribution in [0.4, 0.5) is 21.6 Å². The van der Waals surface area contributed by atoms with Gasteiger partial charge in [0.25, 0.3) is 5.91 Å². The van der Waals surface area contributed by atoms with E-state index < -0.39 is 11.7 Å². The number of nitriles is 1. The lowest BCUT2D eigenvalue weighted by molar-refractivity contribution is 0.102. The molecule has 4 rings (SSSR count). The zero-order valence-electron chi connectivity index (χ0n) is 14.4. The number of nitrogens with one attached hydrogen (secondary N) is 1. The standard InChI is InChI=1S/C17H14ClFN8O/c18-11-5-22-6-12(14(11)26-2-1-9(3-20)7-26)24-17(28)13-15(21)25-27-8-10(19)4-23-16(13)27/h4-6,8-9H,1-2,7H2,(H2,21,25)(H,24,28). The van der Waals surface area contributed by atoms with E-state index in [0.29, 0.717) is 35.9 Å². The van der Waals surface area contributed by atoms with Gasteiger partial charge in [-0.2, -0.15) is 5.26 Å². The summed E-state index contributed by atoms with van der Waals surface area (Å²) in [4.78, 5) is 22.7. The lowest BCUT2D eigenvalue weighted by atomic mass is 10.1. The second-order valence-corrected chi connectivity index (χ2v) is 6.74. The van der Waals surface area contributed by atoms with E-state index in [9.17, 15) is 9.18 Å². The summed E-state index contributed by atoms with van der Waals surface area (Å²) in [6, 6.07) is 2.24. The molecule has 1 aliphatic heterocycles. The largest absolute Gasteiger partial charge is 0.381 e. The molecule has 9 nitrogen and oxygen atoms in total. The summed E-state index contributed by atoms with van der Waals surface area (Å²) in [6.45, 7) is 1.13. The molecule has 11 heteroatoms. The summed E-state index contributed by atoms with van der Waals surface area (Å²) in [5.74, 6) is -1.38. The van der Waals surface area contributed by atoms with Crippen LogP contribution in [0.5, 0.6) is 0 Å². The first kappa shape index (κ1) is 17.9. The number of carbonyl (C=O) groups excluding carboxylic acids is 1. The van der Waals surface area contributed by atoms with E-state index in [4.69, 9.17) is 22.6 Å². The van der Waals surface area contributed by atoms with E-state index in [1.165, 1.54) is 12.4 Å². The highest BCUT2D eigenvalue weighted by atomic mass is 35.5. The zero-order valence-corrected chi connectivity index (χ0v) is 15.2. The van der Waals surface area contributed by atoms with Gasteiger partial charge in [0.15, 0.2) is 17.3 Å². The Morgan fingerprint density at radius 3 is 3.00 bits per heavy atom. The predicted molar refractivity (Wildman–Crippen MR) is 100 cm³/mol. The zero-order chi connectivity index (χ0) is 19.8. The molecule has 3 aromatic rings. The molecule has 1 amide bonds. The molecule has 1 atom stereocenters. The highest BCUT2D eigenvalue weighted by Crippen LogP contribution is 2.36. The number of carbonyl (C=O) groups is 1. The van der Waals surface area contributed by atoms with Gasteiger partial charge in [0.1, 0.15) is 5.56 Å². The van der Waals surface area contributed by atoms with E-state index in [2.05, 4.69) is 26.5 Å². The summed E-state index contributed by atoms with van der Waals surface area (Å²) in [5, 5.41) is 16.1. The number of pyridine rings is 1. The number of amides is 1. The maximum absolute atomic E-state index is 13.3. The van der Waals surface area contributed by atoms with E-state index >= 15 is 0 Å². The smallest absolute Gasteiger partial charge is 0.263 e. The number of hydrogen-bond acceptors (Lipinski definition) is 7. The van der Waals surface area contributed by atoms with E-state index in [-0.39, 0.29) is 22.9 Å². The average molecular weight is 401 g/mol. The number of hydrogen-bond donors (Lipinski definition) is 2. The van der Waals surface area contributed by atoms with Gasteiger partial charge in [0.2, 0.25) is 0 Å². The molecule has 1 fully saturated rings. The summed E-state index contributed by atoms with van der Waals surface area (Å²) in [7, 11) is 0. The van der Waals surface area contributed by atoms with Gasteiger partial charge in [0.05, 0.1) is 47.0 Å². The molecule has 3 aromatic heterocycles. The van der Waals surface area contributed by atoms with Crippen molar-refractivity contribution >= 4 is 40.3 Å². The number of nitrogen functional groups attached to an aromatic ring is 1. The fourth-order valence-electron chi connectivity index (χ4n) is 3.24. The van der Waals surface area contributed by atoms with Crippen molar-refractivity contribution in [3.63, 3.8) is 0 Å². The summed E-state index contributed by atoms with van der Waals surface area (Å²) in [6.07, 6.45) is 5.70. The quantitative estimate of drug-likeness (QED) is 0.689. The first-order valence-electron chi connectivity index (χ1n) is 8.36. The number of fused-ring (bicyclic) bond motifs is 1. The van der Waals surface area contributed by atoms with E-state index in [1.54, 1.807) is 0 Å². The van der Waals surface area contributed by atoms with Crippen molar-refractivity contribution in [3.05, 3.63) is 41.2 Å². The van der Waals surface area contributed by atoms with Gasteiger partial charge in [0, 0.05) is 19.3 Å². The molecule has 1 aliphatic rings. The Labute approximate surface area is 163 Å². The summed E-state index contributed by atoms with van der Waals surface area (Å²) < 4.78 is 14.4.